The molecule has 1 aromatic carbocycles. The number of carbonyl (C=O) groups is 1. The zero-order chi connectivity index (χ0) is 22.5. The number of carbonyl (C=O) groups excluding carboxylic acids is 1. The summed E-state index contributed by atoms with van der Waals surface area (Å²) in [6.45, 7) is 15.2. The average molecular weight is 443 g/mol. The summed E-state index contributed by atoms with van der Waals surface area (Å²) >= 11 is 1.54. The van der Waals surface area contributed by atoms with E-state index in [2.05, 4.69) is 73.9 Å². The molecule has 0 saturated carbocycles. The highest BCUT2D eigenvalue weighted by Crippen LogP contribution is 2.22. The Labute approximate surface area is 186 Å². The Morgan fingerprint density at radius 1 is 1.27 bits per heavy atom. The average Bonchev–Trinajstić information content (AvgIpc) is 3.07. The molecule has 0 unspecified atom stereocenters. The number of ether oxygens (including phenoxy) is 1. The molecule has 4 nitrogen and oxygen atoms in total. The van der Waals surface area contributed by atoms with E-state index >= 15 is 0 Å². The van der Waals surface area contributed by atoms with Gasteiger partial charge in [-0.3, -0.25) is 8.75 Å². The van der Waals surface area contributed by atoms with Gasteiger partial charge in [-0.15, -0.1) is 5.54 Å². The van der Waals surface area contributed by atoms with Crippen molar-refractivity contribution in [2.24, 2.45) is 4.99 Å². The standard InChI is InChI=1S/C24H34N2O2SSi/c1-9-10-11-19-17-26(24(2,3)4)29-23(19)25-22(27)20-16-18(12-13-21(20)28-5)14-15-30(6,7)8/h12-13,16-17H,9-11H2,1-8H3/b25-23-. The maximum absolute atomic E-state index is 13.1. The second-order valence-corrected chi connectivity index (χ2v) is 15.2. The van der Waals surface area contributed by atoms with Crippen LogP contribution < -0.4 is 9.41 Å². The first kappa shape index (κ1) is 24.2. The maximum Gasteiger partial charge on any atom is 0.282 e. The molecule has 2 rings (SSSR count). The van der Waals surface area contributed by atoms with Crippen LogP contribution in [0.2, 0.25) is 19.6 Å². The predicted octanol–water partition coefficient (Wildman–Crippen LogP) is 5.63. The molecule has 0 N–H and O–H groups in total. The van der Waals surface area contributed by atoms with Gasteiger partial charge in [0.25, 0.3) is 5.91 Å². The molecule has 1 aromatic heterocycles. The monoisotopic (exact) mass is 442 g/mol. The molecule has 0 fully saturated rings. The van der Waals surface area contributed by atoms with Crippen molar-refractivity contribution in [2.45, 2.75) is 72.1 Å². The molecular weight excluding hydrogens is 408 g/mol. The van der Waals surface area contributed by atoms with Gasteiger partial charge in [0.05, 0.1) is 12.7 Å². The van der Waals surface area contributed by atoms with Crippen molar-refractivity contribution in [3.63, 3.8) is 0 Å². The first-order valence-electron chi connectivity index (χ1n) is 10.5. The summed E-state index contributed by atoms with van der Waals surface area (Å²) in [5.41, 5.74) is 5.70. The zero-order valence-corrected chi connectivity index (χ0v) is 21.4. The van der Waals surface area contributed by atoms with Crippen LogP contribution in [0.5, 0.6) is 5.75 Å². The first-order valence-corrected chi connectivity index (χ1v) is 14.7. The van der Waals surface area contributed by atoms with E-state index in [0.717, 1.165) is 35.1 Å². The Bertz CT molecular complexity index is 1020. The van der Waals surface area contributed by atoms with Crippen molar-refractivity contribution in [2.75, 3.05) is 7.11 Å². The normalized spacial score (nSPS) is 12.5. The summed E-state index contributed by atoms with van der Waals surface area (Å²) in [7, 11) is 0.0695. The first-order chi connectivity index (χ1) is 13.9. The fourth-order valence-corrected chi connectivity index (χ4v) is 4.26. The molecule has 6 heteroatoms. The van der Waals surface area contributed by atoms with Crippen molar-refractivity contribution >= 4 is 25.5 Å². The number of methoxy groups -OCH3 is 1. The van der Waals surface area contributed by atoms with E-state index in [0.29, 0.717) is 11.3 Å². The van der Waals surface area contributed by atoms with Gasteiger partial charge in [0, 0.05) is 22.9 Å². The molecule has 30 heavy (non-hydrogen) atoms. The Kier molecular flexibility index (Phi) is 7.90. The van der Waals surface area contributed by atoms with Crippen LogP contribution in [0.25, 0.3) is 0 Å². The highest BCUT2D eigenvalue weighted by molar-refractivity contribution is 7.04. The summed E-state index contributed by atoms with van der Waals surface area (Å²) in [4.78, 5) is 17.7. The van der Waals surface area contributed by atoms with Crippen molar-refractivity contribution in [1.29, 1.82) is 0 Å². The third kappa shape index (κ3) is 6.71. The van der Waals surface area contributed by atoms with Crippen molar-refractivity contribution < 1.29 is 9.53 Å². The van der Waals surface area contributed by atoms with E-state index < -0.39 is 8.07 Å². The lowest BCUT2D eigenvalue weighted by Crippen LogP contribution is -2.18. The van der Waals surface area contributed by atoms with E-state index in [4.69, 9.17) is 4.74 Å². The minimum atomic E-state index is -1.50. The summed E-state index contributed by atoms with van der Waals surface area (Å²) < 4.78 is 8.40. The Balaban J connectivity index is 2.53. The number of aromatic nitrogens is 1. The number of hydrogen-bond acceptors (Lipinski definition) is 3. The second kappa shape index (κ2) is 9.80. The molecule has 0 radical (unpaired) electrons. The number of amides is 1. The quantitative estimate of drug-likeness (QED) is 0.445. The topological polar surface area (TPSA) is 43.6 Å². The van der Waals surface area contributed by atoms with Gasteiger partial charge in [-0.2, -0.15) is 4.99 Å². The zero-order valence-electron chi connectivity index (χ0n) is 19.5. The lowest BCUT2D eigenvalue weighted by molar-refractivity contribution is 0.0996. The van der Waals surface area contributed by atoms with Gasteiger partial charge < -0.3 is 4.74 Å². The van der Waals surface area contributed by atoms with Crippen LogP contribution in [0.4, 0.5) is 0 Å². The smallest absolute Gasteiger partial charge is 0.282 e. The molecule has 162 valence electrons. The Hall–Kier alpha value is -2.10. The van der Waals surface area contributed by atoms with Crippen LogP contribution in [0.1, 0.15) is 62.0 Å². The molecule has 0 aliphatic rings. The maximum atomic E-state index is 13.1. The third-order valence-electron chi connectivity index (χ3n) is 4.41. The minimum Gasteiger partial charge on any atom is -0.496 e. The second-order valence-electron chi connectivity index (χ2n) is 9.48. The fraction of sp³-hybridized carbons (Fsp3) is 0.500. The Morgan fingerprint density at radius 2 is 1.97 bits per heavy atom. The van der Waals surface area contributed by atoms with Gasteiger partial charge >= 0.3 is 0 Å². The van der Waals surface area contributed by atoms with E-state index in [1.807, 2.05) is 6.07 Å². The van der Waals surface area contributed by atoms with Crippen molar-refractivity contribution in [3.05, 3.63) is 45.8 Å². The number of rotatable bonds is 5. The third-order valence-corrected chi connectivity index (χ3v) is 6.66. The lowest BCUT2D eigenvalue weighted by atomic mass is 10.1. The highest BCUT2D eigenvalue weighted by atomic mass is 32.1. The van der Waals surface area contributed by atoms with Crippen LogP contribution >= 0.6 is 11.5 Å². The number of unbranched alkanes of at least 4 members (excludes halogenated alkanes) is 1. The van der Waals surface area contributed by atoms with Gasteiger partial charge in [-0.1, -0.05) is 38.9 Å². The van der Waals surface area contributed by atoms with Crippen LogP contribution in [0.15, 0.2) is 29.4 Å². The van der Waals surface area contributed by atoms with Crippen LogP contribution in [-0.2, 0) is 12.0 Å². The summed E-state index contributed by atoms with van der Waals surface area (Å²) in [6.07, 6.45) is 5.23. The number of benzene rings is 1. The molecule has 2 aromatic rings. The van der Waals surface area contributed by atoms with Crippen LogP contribution in [-0.4, -0.2) is 25.0 Å². The highest BCUT2D eigenvalue weighted by Gasteiger charge is 2.18. The van der Waals surface area contributed by atoms with Crippen LogP contribution in [0.3, 0.4) is 0 Å². The number of aryl methyl sites for hydroxylation is 1. The molecule has 0 atom stereocenters. The SMILES string of the molecule is CCCCc1cn(C(C)(C)C)s/c1=N\C(=O)c1cc(C#C[Si](C)(C)C)ccc1OC. The van der Waals surface area contributed by atoms with Crippen molar-refractivity contribution in [3.8, 4) is 17.2 Å². The largest absolute Gasteiger partial charge is 0.496 e. The van der Waals surface area contributed by atoms with E-state index in [9.17, 15) is 4.79 Å². The molecule has 1 amide bonds. The minimum absolute atomic E-state index is 0.0491. The van der Waals surface area contributed by atoms with Gasteiger partial charge in [-0.05, 0) is 63.3 Å². The summed E-state index contributed by atoms with van der Waals surface area (Å²) in [5, 5.41) is 0. The molecule has 0 spiro atoms. The molecular formula is C24H34N2O2SSi. The predicted molar refractivity (Wildman–Crippen MR) is 129 cm³/mol. The Morgan fingerprint density at radius 3 is 2.53 bits per heavy atom. The van der Waals surface area contributed by atoms with Crippen LogP contribution in [0, 0.1) is 11.5 Å². The van der Waals surface area contributed by atoms with E-state index in [-0.39, 0.29) is 11.4 Å². The van der Waals surface area contributed by atoms with Gasteiger partial charge in [-0.25, -0.2) is 0 Å². The summed E-state index contributed by atoms with van der Waals surface area (Å²) in [6, 6.07) is 5.50. The van der Waals surface area contributed by atoms with E-state index in [1.165, 1.54) is 11.5 Å². The van der Waals surface area contributed by atoms with Gasteiger partial charge in [0.1, 0.15) is 18.5 Å². The lowest BCUT2D eigenvalue weighted by Gasteiger charge is -2.19. The fourth-order valence-electron chi connectivity index (χ4n) is 2.70. The molecule has 1 heterocycles. The molecule has 0 bridgehead atoms. The van der Waals surface area contributed by atoms with Gasteiger partial charge in [0.2, 0.25) is 0 Å². The number of nitrogens with zero attached hydrogens (tertiary/aromatic N) is 2. The molecule has 0 aliphatic heterocycles. The van der Waals surface area contributed by atoms with Crippen molar-refractivity contribution in [1.82, 2.24) is 3.96 Å². The number of hydrogen-bond donors (Lipinski definition) is 0. The summed E-state index contributed by atoms with van der Waals surface area (Å²) in [5.74, 6) is 3.46. The molecule has 0 aliphatic carbocycles. The molecule has 0 saturated heterocycles. The van der Waals surface area contributed by atoms with E-state index in [1.54, 1.807) is 19.2 Å². The van der Waals surface area contributed by atoms with Gasteiger partial charge in [0.15, 0.2) is 0 Å².